The zero-order valence-corrected chi connectivity index (χ0v) is 26.1. The van der Waals surface area contributed by atoms with Crippen LogP contribution in [-0.4, -0.2) is 26.4 Å². The Kier molecular flexibility index (Phi) is 12.1. The Morgan fingerprint density at radius 1 is 0.526 bits per heavy atom. The van der Waals surface area contributed by atoms with E-state index in [4.69, 9.17) is 40.7 Å². The summed E-state index contributed by atoms with van der Waals surface area (Å²) >= 11 is 0. The maximum atomic E-state index is 6.63. The molecule has 0 saturated carbocycles. The molecule has 9 nitrogen and oxygen atoms in total. The van der Waals surface area contributed by atoms with Crippen molar-refractivity contribution in [2.45, 2.75) is 67.2 Å². The molecule has 0 radical (unpaired) electrons. The Morgan fingerprint density at radius 2 is 0.868 bits per heavy atom. The molecule has 0 bridgehead atoms. The van der Waals surface area contributed by atoms with Crippen LogP contribution >= 0.6 is 23.0 Å². The van der Waals surface area contributed by atoms with Gasteiger partial charge in [-0.05, 0) is 74.9 Å². The molecule has 0 saturated heterocycles. The molecule has 0 aromatic heterocycles. The molecule has 0 spiro atoms. The first-order valence-electron chi connectivity index (χ1n) is 13.3. The zero-order valence-electron chi connectivity index (χ0n) is 23.4. The van der Waals surface area contributed by atoms with Crippen LogP contribution in [0.4, 0.5) is 0 Å². The van der Waals surface area contributed by atoms with Gasteiger partial charge in [-0.25, -0.2) is 0 Å². The minimum Gasteiger partial charge on any atom is -0.413 e. The predicted octanol–water partition coefficient (Wildman–Crippen LogP) is 10.3. The van der Waals surface area contributed by atoms with Crippen molar-refractivity contribution in [2.24, 2.45) is 13.5 Å². The van der Waals surface area contributed by atoms with Crippen molar-refractivity contribution in [2.75, 3.05) is 26.4 Å². The van der Waals surface area contributed by atoms with Crippen LogP contribution in [0.1, 0.15) is 64.5 Å². The first kappa shape index (κ1) is 31.1. The van der Waals surface area contributed by atoms with Crippen LogP contribution < -0.4 is 9.05 Å². The van der Waals surface area contributed by atoms with Gasteiger partial charge < -0.3 is 27.1 Å². The highest BCUT2D eigenvalue weighted by atomic mass is 31.3. The molecule has 212 valence electrons. The van der Waals surface area contributed by atoms with Gasteiger partial charge in [-0.15, -0.1) is 13.5 Å². The van der Waals surface area contributed by atoms with Crippen LogP contribution in [-0.2, 0) is 18.1 Å². The fraction of sp³-hybridized carbons (Fsp3) is 0.538. The van der Waals surface area contributed by atoms with Crippen LogP contribution in [0.25, 0.3) is 0 Å². The lowest BCUT2D eigenvalue weighted by Gasteiger charge is -2.33. The molecular weight excluding hydrogens is 543 g/mol. The molecule has 12 heteroatoms. The molecule has 38 heavy (non-hydrogen) atoms. The van der Waals surface area contributed by atoms with Gasteiger partial charge in [0.05, 0.1) is 26.4 Å². The number of benzene rings is 2. The lowest BCUT2D eigenvalue weighted by atomic mass is 10.2. The first-order valence-corrected chi connectivity index (χ1v) is 17.9. The van der Waals surface area contributed by atoms with Gasteiger partial charge in [-0.1, -0.05) is 52.0 Å². The third-order valence-corrected chi connectivity index (χ3v) is 13.4. The average molecular weight is 586 g/mol. The average Bonchev–Trinajstić information content (AvgIpc) is 2.88. The van der Waals surface area contributed by atoms with Gasteiger partial charge >= 0.3 is 23.0 Å². The summed E-state index contributed by atoms with van der Waals surface area (Å²) in [6.45, 7) is 13.7. The fourth-order valence-corrected chi connectivity index (χ4v) is 13.0. The predicted molar refractivity (Wildman–Crippen MR) is 157 cm³/mol. The summed E-state index contributed by atoms with van der Waals surface area (Å²) in [6, 6.07) is 15.4. The topological polar surface area (TPSA) is 92.5 Å². The van der Waals surface area contributed by atoms with Crippen LogP contribution in [0, 0.1) is 13.8 Å². The SMILES string of the molecule is CCCOP1(OCCC)=NP(OCCC)(OCCC)=NP(Oc2cccc(C)c2)(Oc2cccc(C)c2)=N1. The molecule has 0 amide bonds. The van der Waals surface area contributed by atoms with E-state index in [1.165, 1.54) is 0 Å². The Hall–Kier alpha value is -1.43. The standard InChI is InChI=1S/C26H42N3O6P3/c1-7-17-30-36(31-18-8-2)27-37(32-19-9-3,33-20-10-4)29-38(28-36,34-25-15-11-13-23(5)21-25)35-26-16-12-14-24(6)22-26/h11-16,21-22H,7-10,17-20H2,1-6H3. The summed E-state index contributed by atoms with van der Waals surface area (Å²) in [6.07, 6.45) is 3.05. The molecule has 0 unspecified atom stereocenters. The molecule has 0 aliphatic carbocycles. The number of rotatable bonds is 16. The summed E-state index contributed by atoms with van der Waals surface area (Å²) in [5.74, 6) is 1.15. The van der Waals surface area contributed by atoms with Gasteiger partial charge in [0.1, 0.15) is 11.5 Å². The van der Waals surface area contributed by atoms with Gasteiger partial charge in [0.25, 0.3) is 0 Å². The quantitative estimate of drug-likeness (QED) is 0.182. The first-order chi connectivity index (χ1) is 18.3. The van der Waals surface area contributed by atoms with Crippen molar-refractivity contribution in [1.29, 1.82) is 0 Å². The highest BCUT2D eigenvalue weighted by Gasteiger charge is 2.45. The molecule has 0 fully saturated rings. The summed E-state index contributed by atoms with van der Waals surface area (Å²) in [5, 5.41) is 0. The summed E-state index contributed by atoms with van der Waals surface area (Å²) in [4.78, 5) is 0. The Labute approximate surface area is 228 Å². The Morgan fingerprint density at radius 3 is 1.21 bits per heavy atom. The van der Waals surface area contributed by atoms with E-state index in [2.05, 4.69) is 0 Å². The molecule has 2 aromatic carbocycles. The second-order valence-corrected chi connectivity index (χ2v) is 15.4. The molecule has 3 rings (SSSR count). The smallest absolute Gasteiger partial charge is 0.413 e. The van der Waals surface area contributed by atoms with E-state index < -0.39 is 23.0 Å². The van der Waals surface area contributed by atoms with Crippen molar-refractivity contribution in [3.05, 3.63) is 59.7 Å². The van der Waals surface area contributed by atoms with E-state index in [-0.39, 0.29) is 0 Å². The van der Waals surface area contributed by atoms with E-state index >= 15 is 0 Å². The monoisotopic (exact) mass is 585 g/mol. The van der Waals surface area contributed by atoms with Gasteiger partial charge in [-0.3, -0.25) is 0 Å². The van der Waals surface area contributed by atoms with Gasteiger partial charge in [0.2, 0.25) is 0 Å². The number of hydrogen-bond acceptors (Lipinski definition) is 9. The lowest BCUT2D eigenvalue weighted by Crippen LogP contribution is -2.08. The van der Waals surface area contributed by atoms with E-state index in [9.17, 15) is 0 Å². The summed E-state index contributed by atoms with van der Waals surface area (Å²) in [7, 11) is -10.1. The molecule has 0 N–H and O–H groups in total. The second kappa shape index (κ2) is 14.8. The molecule has 1 heterocycles. The Bertz CT molecular complexity index is 1130. The van der Waals surface area contributed by atoms with Crippen molar-refractivity contribution in [3.63, 3.8) is 0 Å². The van der Waals surface area contributed by atoms with Gasteiger partial charge in [0, 0.05) is 0 Å². The summed E-state index contributed by atoms with van der Waals surface area (Å²) < 4.78 is 53.7. The van der Waals surface area contributed by atoms with Gasteiger partial charge in [-0.2, -0.15) is 0 Å². The van der Waals surface area contributed by atoms with Crippen molar-refractivity contribution in [3.8, 4) is 11.5 Å². The normalized spacial score (nSPS) is 17.1. The molecule has 1 aliphatic rings. The number of aryl methyl sites for hydroxylation is 2. The highest BCUT2D eigenvalue weighted by Crippen LogP contribution is 2.80. The minimum absolute atomic E-state index is 0.404. The molecular formula is C26H42N3O6P3. The zero-order chi connectivity index (χ0) is 27.5. The van der Waals surface area contributed by atoms with Crippen LogP contribution in [0.3, 0.4) is 0 Å². The van der Waals surface area contributed by atoms with E-state index in [1.54, 1.807) is 0 Å². The second-order valence-electron chi connectivity index (χ2n) is 8.89. The lowest BCUT2D eigenvalue weighted by molar-refractivity contribution is 0.227. The third-order valence-electron chi connectivity index (χ3n) is 4.96. The maximum absolute atomic E-state index is 6.63. The minimum atomic E-state index is -3.52. The molecule has 0 atom stereocenters. The van der Waals surface area contributed by atoms with Crippen LogP contribution in [0.5, 0.6) is 11.5 Å². The van der Waals surface area contributed by atoms with E-state index in [0.717, 1.165) is 36.8 Å². The number of nitrogens with zero attached hydrogens (tertiary/aromatic N) is 3. The van der Waals surface area contributed by atoms with Crippen LogP contribution in [0.15, 0.2) is 62.1 Å². The van der Waals surface area contributed by atoms with Crippen LogP contribution in [0.2, 0.25) is 0 Å². The molecule has 1 aliphatic heterocycles. The fourth-order valence-electron chi connectivity index (χ4n) is 3.31. The maximum Gasteiger partial charge on any atom is 0.457 e. The third kappa shape index (κ3) is 8.79. The van der Waals surface area contributed by atoms with Crippen molar-refractivity contribution < 1.29 is 27.1 Å². The van der Waals surface area contributed by atoms with Gasteiger partial charge in [0.15, 0.2) is 0 Å². The van der Waals surface area contributed by atoms with E-state index in [1.807, 2.05) is 90.1 Å². The number of hydrogen-bond donors (Lipinski definition) is 0. The van der Waals surface area contributed by atoms with Crippen molar-refractivity contribution >= 4 is 23.0 Å². The highest BCUT2D eigenvalue weighted by molar-refractivity contribution is 7.78. The Balaban J connectivity index is 2.34. The largest absolute Gasteiger partial charge is 0.457 e. The van der Waals surface area contributed by atoms with Crippen molar-refractivity contribution in [1.82, 2.24) is 0 Å². The summed E-state index contributed by atoms with van der Waals surface area (Å²) in [5.41, 5.74) is 2.07. The molecule has 2 aromatic rings. The van der Waals surface area contributed by atoms with E-state index in [0.29, 0.717) is 37.9 Å².